The number of nitrogen functional groups attached to an aromatic ring is 1. The quantitative estimate of drug-likeness (QED) is 0.286. The Balaban J connectivity index is 1.32. The van der Waals surface area contributed by atoms with Crippen molar-refractivity contribution in [3.63, 3.8) is 0 Å². The zero-order valence-corrected chi connectivity index (χ0v) is 16.1. The Morgan fingerprint density at radius 2 is 1.59 bits per heavy atom. The Kier molecular flexibility index (Phi) is 6.60. The number of benzene rings is 2. The van der Waals surface area contributed by atoms with Crippen LogP contribution in [0.5, 0.6) is 0 Å². The molecule has 1 amide bonds. The number of rotatable bonds is 9. The molecule has 140 valence electrons. The van der Waals surface area contributed by atoms with Gasteiger partial charge in [0.1, 0.15) is 0 Å². The first-order valence-electron chi connectivity index (χ1n) is 9.29. The molecule has 0 atom stereocenters. The number of nitrogens with one attached hydrogen (secondary N) is 1. The first kappa shape index (κ1) is 19.1. The van der Waals surface area contributed by atoms with Crippen LogP contribution >= 0.6 is 11.3 Å². The molecule has 27 heavy (non-hydrogen) atoms. The first-order chi connectivity index (χ1) is 13.1. The minimum atomic E-state index is -0.0192. The predicted octanol–water partition coefficient (Wildman–Crippen LogP) is 5.65. The number of para-hydroxylation sites is 2. The highest BCUT2D eigenvalue weighted by Gasteiger charge is 2.10. The van der Waals surface area contributed by atoms with E-state index < -0.39 is 0 Å². The lowest BCUT2D eigenvalue weighted by Crippen LogP contribution is -2.12. The lowest BCUT2D eigenvalue weighted by Gasteiger charge is -2.07. The summed E-state index contributed by atoms with van der Waals surface area (Å²) in [5.74, 6) is 0.197. The van der Waals surface area contributed by atoms with Crippen molar-refractivity contribution in [2.45, 2.75) is 38.5 Å². The second-order valence-electron chi connectivity index (χ2n) is 6.62. The fraction of sp³-hybridized carbons (Fsp3) is 0.273. The van der Waals surface area contributed by atoms with Crippen LogP contribution < -0.4 is 11.1 Å². The number of amides is 1. The van der Waals surface area contributed by atoms with E-state index in [4.69, 9.17) is 5.73 Å². The van der Waals surface area contributed by atoms with E-state index in [0.717, 1.165) is 40.6 Å². The number of anilines is 2. The highest BCUT2D eigenvalue weighted by atomic mass is 32.1. The van der Waals surface area contributed by atoms with Gasteiger partial charge in [-0.1, -0.05) is 43.2 Å². The van der Waals surface area contributed by atoms with E-state index in [1.54, 1.807) is 23.5 Å². The molecule has 1 heterocycles. The molecule has 2 aromatic carbocycles. The molecule has 0 aliphatic heterocycles. The van der Waals surface area contributed by atoms with Crippen molar-refractivity contribution < 1.29 is 9.59 Å². The molecular weight excluding hydrogens is 356 g/mol. The van der Waals surface area contributed by atoms with Gasteiger partial charge in [-0.3, -0.25) is 9.59 Å². The Hall–Kier alpha value is -2.66. The molecule has 0 bridgehead atoms. The first-order valence-corrected chi connectivity index (χ1v) is 10.1. The van der Waals surface area contributed by atoms with Crippen molar-refractivity contribution in [3.8, 4) is 0 Å². The van der Waals surface area contributed by atoms with Gasteiger partial charge in [-0.25, -0.2) is 0 Å². The number of Topliss-reactive ketones (excluding diaryl/α,β-unsaturated/α-hetero) is 1. The fourth-order valence-corrected chi connectivity index (χ4v) is 4.02. The van der Waals surface area contributed by atoms with Gasteiger partial charge in [-0.05, 0) is 42.5 Å². The number of ketones is 1. The minimum Gasteiger partial charge on any atom is -0.397 e. The maximum atomic E-state index is 12.3. The molecule has 3 aromatic rings. The van der Waals surface area contributed by atoms with Crippen molar-refractivity contribution >= 4 is 44.5 Å². The molecule has 0 saturated carbocycles. The molecule has 3 N–H and O–H groups in total. The van der Waals surface area contributed by atoms with Gasteiger partial charge in [0.25, 0.3) is 0 Å². The van der Waals surface area contributed by atoms with Crippen molar-refractivity contribution in [1.82, 2.24) is 0 Å². The lowest BCUT2D eigenvalue weighted by molar-refractivity contribution is -0.116. The van der Waals surface area contributed by atoms with Gasteiger partial charge in [0, 0.05) is 17.5 Å². The van der Waals surface area contributed by atoms with Crippen molar-refractivity contribution in [2.24, 2.45) is 0 Å². The molecule has 0 aliphatic carbocycles. The topological polar surface area (TPSA) is 72.2 Å². The van der Waals surface area contributed by atoms with Gasteiger partial charge in [0.2, 0.25) is 5.91 Å². The van der Waals surface area contributed by atoms with Gasteiger partial charge in [0.15, 0.2) is 5.78 Å². The largest absolute Gasteiger partial charge is 0.397 e. The molecule has 3 rings (SSSR count). The van der Waals surface area contributed by atoms with E-state index in [2.05, 4.69) is 5.32 Å². The average molecular weight is 381 g/mol. The Labute approximate surface area is 163 Å². The van der Waals surface area contributed by atoms with E-state index in [1.165, 1.54) is 0 Å². The molecule has 0 unspecified atom stereocenters. The van der Waals surface area contributed by atoms with Gasteiger partial charge in [-0.2, -0.15) is 0 Å². The molecule has 0 saturated heterocycles. The van der Waals surface area contributed by atoms with E-state index >= 15 is 0 Å². The Morgan fingerprint density at radius 1 is 0.889 bits per heavy atom. The number of fused-ring (bicyclic) bond motifs is 1. The summed E-state index contributed by atoms with van der Waals surface area (Å²) in [6.07, 6.45) is 4.61. The van der Waals surface area contributed by atoms with Crippen LogP contribution in [0.1, 0.15) is 48.2 Å². The number of carbonyl (C=O) groups excluding carboxylic acids is 2. The standard InChI is InChI=1S/C22H24N2O2S/c23-17-10-6-7-11-18(17)24-22(26)14-4-2-1-3-12-19(25)21-15-16-9-5-8-13-20(16)27-21/h5-11,13,15H,1-4,12,14,23H2,(H,24,26). The van der Waals surface area contributed by atoms with Crippen LogP contribution in [-0.2, 0) is 4.79 Å². The summed E-state index contributed by atoms with van der Waals surface area (Å²) in [5.41, 5.74) is 7.06. The molecule has 0 spiro atoms. The normalized spacial score (nSPS) is 10.8. The third kappa shape index (κ3) is 5.41. The molecule has 0 aliphatic rings. The van der Waals surface area contributed by atoms with Crippen LogP contribution in [0, 0.1) is 0 Å². The van der Waals surface area contributed by atoms with Crippen LogP contribution in [0.4, 0.5) is 11.4 Å². The molecule has 5 heteroatoms. The Morgan fingerprint density at radius 3 is 2.37 bits per heavy atom. The van der Waals surface area contributed by atoms with E-state index in [1.807, 2.05) is 42.5 Å². The predicted molar refractivity (Wildman–Crippen MR) is 113 cm³/mol. The van der Waals surface area contributed by atoms with Crippen molar-refractivity contribution in [1.29, 1.82) is 0 Å². The van der Waals surface area contributed by atoms with Gasteiger partial charge in [0.05, 0.1) is 16.3 Å². The van der Waals surface area contributed by atoms with Crippen LogP contribution in [-0.4, -0.2) is 11.7 Å². The van der Waals surface area contributed by atoms with Crippen LogP contribution in [0.25, 0.3) is 10.1 Å². The van der Waals surface area contributed by atoms with Crippen LogP contribution in [0.15, 0.2) is 54.6 Å². The van der Waals surface area contributed by atoms with E-state index in [9.17, 15) is 9.59 Å². The van der Waals surface area contributed by atoms with Crippen LogP contribution in [0.2, 0.25) is 0 Å². The number of thiophene rings is 1. The number of unbranched alkanes of at least 4 members (excludes halogenated alkanes) is 3. The number of hydrogen-bond donors (Lipinski definition) is 2. The summed E-state index contributed by atoms with van der Waals surface area (Å²) in [4.78, 5) is 25.1. The summed E-state index contributed by atoms with van der Waals surface area (Å²) in [6.45, 7) is 0. The zero-order valence-electron chi connectivity index (χ0n) is 15.2. The van der Waals surface area contributed by atoms with Gasteiger partial charge < -0.3 is 11.1 Å². The summed E-state index contributed by atoms with van der Waals surface area (Å²) < 4.78 is 1.16. The van der Waals surface area contributed by atoms with Crippen molar-refractivity contribution in [2.75, 3.05) is 11.1 Å². The monoisotopic (exact) mass is 380 g/mol. The third-order valence-corrected chi connectivity index (χ3v) is 5.65. The summed E-state index contributed by atoms with van der Waals surface area (Å²) in [6, 6.07) is 17.3. The van der Waals surface area contributed by atoms with Crippen molar-refractivity contribution in [3.05, 3.63) is 59.5 Å². The SMILES string of the molecule is Nc1ccccc1NC(=O)CCCCCCC(=O)c1cc2ccccc2s1. The highest BCUT2D eigenvalue weighted by Crippen LogP contribution is 2.26. The minimum absolute atomic E-state index is 0.0192. The molecular formula is C22H24N2O2S. The van der Waals surface area contributed by atoms with Gasteiger partial charge in [-0.15, -0.1) is 11.3 Å². The smallest absolute Gasteiger partial charge is 0.224 e. The summed E-state index contributed by atoms with van der Waals surface area (Å²) in [5, 5.41) is 3.97. The van der Waals surface area contributed by atoms with E-state index in [0.29, 0.717) is 24.2 Å². The maximum Gasteiger partial charge on any atom is 0.224 e. The second-order valence-corrected chi connectivity index (χ2v) is 7.71. The summed E-state index contributed by atoms with van der Waals surface area (Å²) in [7, 11) is 0. The number of carbonyl (C=O) groups is 2. The molecule has 4 nitrogen and oxygen atoms in total. The van der Waals surface area contributed by atoms with Gasteiger partial charge >= 0.3 is 0 Å². The fourth-order valence-electron chi connectivity index (χ4n) is 2.99. The zero-order chi connectivity index (χ0) is 19.1. The molecule has 0 fully saturated rings. The number of hydrogen-bond acceptors (Lipinski definition) is 4. The molecule has 0 radical (unpaired) electrons. The van der Waals surface area contributed by atoms with Crippen LogP contribution in [0.3, 0.4) is 0 Å². The lowest BCUT2D eigenvalue weighted by atomic mass is 10.1. The maximum absolute atomic E-state index is 12.3. The summed E-state index contributed by atoms with van der Waals surface area (Å²) >= 11 is 1.57. The third-order valence-electron chi connectivity index (χ3n) is 4.49. The Bertz CT molecular complexity index is 900. The molecule has 1 aromatic heterocycles. The average Bonchev–Trinajstić information content (AvgIpc) is 3.10. The number of nitrogens with two attached hydrogens (primary N) is 1. The second kappa shape index (κ2) is 9.33. The highest BCUT2D eigenvalue weighted by molar-refractivity contribution is 7.20. The van der Waals surface area contributed by atoms with E-state index in [-0.39, 0.29) is 11.7 Å².